The number of halogens is 2. The first kappa shape index (κ1) is 13.8. The smallest absolute Gasteiger partial charge is 0.224 e. The van der Waals surface area contributed by atoms with Gasteiger partial charge < -0.3 is 5.73 Å². The largest absolute Gasteiger partial charge is 0.368 e. The van der Waals surface area contributed by atoms with Gasteiger partial charge in [0.2, 0.25) is 5.95 Å². The molecule has 0 saturated carbocycles. The van der Waals surface area contributed by atoms with Crippen LogP contribution in [0.25, 0.3) is 22.8 Å². The SMILES string of the molecule is Nc1nc(-c2ccccc2Cl)nc(-c2ccccc2Cl)n1. The topological polar surface area (TPSA) is 64.7 Å². The molecule has 0 atom stereocenters. The van der Waals surface area contributed by atoms with Gasteiger partial charge in [-0.25, -0.2) is 4.98 Å². The van der Waals surface area contributed by atoms with Crippen molar-refractivity contribution in [2.45, 2.75) is 0 Å². The van der Waals surface area contributed by atoms with E-state index in [2.05, 4.69) is 15.0 Å². The molecule has 0 spiro atoms. The normalized spacial score (nSPS) is 10.6. The van der Waals surface area contributed by atoms with Gasteiger partial charge in [-0.3, -0.25) is 0 Å². The highest BCUT2D eigenvalue weighted by molar-refractivity contribution is 6.33. The summed E-state index contributed by atoms with van der Waals surface area (Å²) in [5, 5.41) is 1.10. The van der Waals surface area contributed by atoms with E-state index in [0.717, 1.165) is 0 Å². The lowest BCUT2D eigenvalue weighted by Gasteiger charge is -2.07. The maximum atomic E-state index is 6.17. The first-order valence-electron chi connectivity index (χ1n) is 6.16. The Balaban J connectivity index is 2.18. The van der Waals surface area contributed by atoms with E-state index in [1.165, 1.54) is 0 Å². The van der Waals surface area contributed by atoms with Crippen molar-refractivity contribution in [3.8, 4) is 22.8 Å². The van der Waals surface area contributed by atoms with Crippen LogP contribution in [0.1, 0.15) is 0 Å². The molecule has 0 aliphatic heterocycles. The monoisotopic (exact) mass is 316 g/mol. The van der Waals surface area contributed by atoms with E-state index in [1.54, 1.807) is 12.1 Å². The fourth-order valence-electron chi connectivity index (χ4n) is 1.92. The molecule has 21 heavy (non-hydrogen) atoms. The highest BCUT2D eigenvalue weighted by Crippen LogP contribution is 2.29. The molecule has 0 saturated heterocycles. The number of hydrogen-bond donors (Lipinski definition) is 1. The average molecular weight is 317 g/mol. The minimum Gasteiger partial charge on any atom is -0.368 e. The van der Waals surface area contributed by atoms with Gasteiger partial charge in [0.05, 0.1) is 10.0 Å². The van der Waals surface area contributed by atoms with Crippen LogP contribution in [0.5, 0.6) is 0 Å². The second-order valence-corrected chi connectivity index (χ2v) is 5.11. The summed E-state index contributed by atoms with van der Waals surface area (Å²) in [5.41, 5.74) is 7.18. The number of anilines is 1. The molecule has 1 heterocycles. The molecule has 2 N–H and O–H groups in total. The lowest BCUT2D eigenvalue weighted by molar-refractivity contribution is 1.08. The molecule has 4 nitrogen and oxygen atoms in total. The molecule has 0 aliphatic rings. The predicted molar refractivity (Wildman–Crippen MR) is 85.1 cm³/mol. The molecule has 0 fully saturated rings. The first-order valence-corrected chi connectivity index (χ1v) is 6.92. The van der Waals surface area contributed by atoms with Gasteiger partial charge in [-0.2, -0.15) is 9.97 Å². The fourth-order valence-corrected chi connectivity index (χ4v) is 2.36. The predicted octanol–water partition coefficient (Wildman–Crippen LogP) is 4.09. The van der Waals surface area contributed by atoms with E-state index < -0.39 is 0 Å². The second-order valence-electron chi connectivity index (χ2n) is 4.30. The molecule has 1 aromatic heterocycles. The van der Waals surface area contributed by atoms with Crippen molar-refractivity contribution in [1.82, 2.24) is 15.0 Å². The van der Waals surface area contributed by atoms with Crippen molar-refractivity contribution < 1.29 is 0 Å². The molecule has 0 radical (unpaired) electrons. The summed E-state index contributed by atoms with van der Waals surface area (Å²) in [7, 11) is 0. The van der Waals surface area contributed by atoms with Crippen LogP contribution in [0, 0.1) is 0 Å². The molecule has 6 heteroatoms. The van der Waals surface area contributed by atoms with E-state index in [4.69, 9.17) is 28.9 Å². The zero-order valence-electron chi connectivity index (χ0n) is 10.8. The Hall–Kier alpha value is -2.17. The van der Waals surface area contributed by atoms with Crippen LogP contribution in [0.3, 0.4) is 0 Å². The number of benzene rings is 2. The van der Waals surface area contributed by atoms with Gasteiger partial charge in [-0.1, -0.05) is 47.5 Å². The van der Waals surface area contributed by atoms with Gasteiger partial charge in [0.25, 0.3) is 0 Å². The summed E-state index contributed by atoms with van der Waals surface area (Å²) < 4.78 is 0. The van der Waals surface area contributed by atoms with Gasteiger partial charge in [-0.15, -0.1) is 0 Å². The Bertz CT molecular complexity index is 741. The van der Waals surface area contributed by atoms with Gasteiger partial charge in [0.1, 0.15) is 0 Å². The maximum absolute atomic E-state index is 6.17. The fraction of sp³-hybridized carbons (Fsp3) is 0. The van der Waals surface area contributed by atoms with Crippen LogP contribution in [0.15, 0.2) is 48.5 Å². The number of hydrogen-bond acceptors (Lipinski definition) is 4. The summed E-state index contributed by atoms with van der Waals surface area (Å²) >= 11 is 12.3. The number of aromatic nitrogens is 3. The summed E-state index contributed by atoms with van der Waals surface area (Å²) in [6.07, 6.45) is 0. The molecule has 104 valence electrons. The van der Waals surface area contributed by atoms with Gasteiger partial charge in [0.15, 0.2) is 11.6 Å². The van der Waals surface area contributed by atoms with Crippen molar-refractivity contribution in [2.24, 2.45) is 0 Å². The Kier molecular flexibility index (Phi) is 3.73. The third-order valence-corrected chi connectivity index (χ3v) is 3.54. The number of nitrogens with zero attached hydrogens (tertiary/aromatic N) is 3. The molecule has 3 rings (SSSR count). The van der Waals surface area contributed by atoms with E-state index in [0.29, 0.717) is 32.8 Å². The number of rotatable bonds is 2. The van der Waals surface area contributed by atoms with Crippen molar-refractivity contribution in [3.63, 3.8) is 0 Å². The second kappa shape index (κ2) is 5.68. The van der Waals surface area contributed by atoms with Crippen LogP contribution in [-0.4, -0.2) is 15.0 Å². The highest BCUT2D eigenvalue weighted by atomic mass is 35.5. The Morgan fingerprint density at radius 3 is 1.52 bits per heavy atom. The highest BCUT2D eigenvalue weighted by Gasteiger charge is 2.12. The Labute approximate surface area is 131 Å². The molecule has 0 aliphatic carbocycles. The molecule has 2 aromatic carbocycles. The molecule has 0 amide bonds. The minimum absolute atomic E-state index is 0.120. The van der Waals surface area contributed by atoms with Gasteiger partial charge >= 0.3 is 0 Å². The molecular weight excluding hydrogens is 307 g/mol. The summed E-state index contributed by atoms with van der Waals surface area (Å²) in [6.45, 7) is 0. The molecular formula is C15H10Cl2N4. The lowest BCUT2D eigenvalue weighted by atomic mass is 10.2. The quantitative estimate of drug-likeness (QED) is 0.773. The third-order valence-electron chi connectivity index (χ3n) is 2.88. The number of nitrogen functional groups attached to an aromatic ring is 1. The van der Waals surface area contributed by atoms with Crippen molar-refractivity contribution in [3.05, 3.63) is 58.6 Å². The Morgan fingerprint density at radius 1 is 0.667 bits per heavy atom. The van der Waals surface area contributed by atoms with Crippen molar-refractivity contribution in [1.29, 1.82) is 0 Å². The average Bonchev–Trinajstić information content (AvgIpc) is 2.47. The Morgan fingerprint density at radius 2 is 1.10 bits per heavy atom. The first-order chi connectivity index (χ1) is 10.1. The van der Waals surface area contributed by atoms with Crippen LogP contribution >= 0.6 is 23.2 Å². The van der Waals surface area contributed by atoms with Gasteiger partial charge in [-0.05, 0) is 24.3 Å². The van der Waals surface area contributed by atoms with Crippen molar-refractivity contribution >= 4 is 29.2 Å². The van der Waals surface area contributed by atoms with E-state index in [9.17, 15) is 0 Å². The van der Waals surface area contributed by atoms with Gasteiger partial charge in [0, 0.05) is 11.1 Å². The van der Waals surface area contributed by atoms with Crippen LogP contribution < -0.4 is 5.73 Å². The zero-order chi connectivity index (χ0) is 14.8. The van der Waals surface area contributed by atoms with Crippen LogP contribution in [0.2, 0.25) is 10.0 Å². The summed E-state index contributed by atoms with van der Waals surface area (Å²) in [5.74, 6) is 0.959. The molecule has 0 bridgehead atoms. The summed E-state index contributed by atoms with van der Waals surface area (Å²) in [4.78, 5) is 12.7. The third kappa shape index (κ3) is 2.82. The zero-order valence-corrected chi connectivity index (χ0v) is 12.3. The van der Waals surface area contributed by atoms with E-state index >= 15 is 0 Å². The lowest BCUT2D eigenvalue weighted by Crippen LogP contribution is -2.02. The molecule has 0 unspecified atom stereocenters. The van der Waals surface area contributed by atoms with E-state index in [1.807, 2.05) is 36.4 Å². The van der Waals surface area contributed by atoms with Crippen LogP contribution in [-0.2, 0) is 0 Å². The maximum Gasteiger partial charge on any atom is 0.224 e. The molecule has 3 aromatic rings. The summed E-state index contributed by atoms with van der Waals surface area (Å²) in [6, 6.07) is 14.6. The van der Waals surface area contributed by atoms with E-state index in [-0.39, 0.29) is 5.95 Å². The van der Waals surface area contributed by atoms with Crippen molar-refractivity contribution in [2.75, 3.05) is 5.73 Å². The van der Waals surface area contributed by atoms with Crippen LogP contribution in [0.4, 0.5) is 5.95 Å². The standard InChI is InChI=1S/C15H10Cl2N4/c16-11-7-3-1-5-9(11)13-19-14(21-15(18)20-13)10-6-2-4-8-12(10)17/h1-8H,(H2,18,19,20,21). The minimum atomic E-state index is 0.120. The number of nitrogens with two attached hydrogens (primary N) is 1.